The number of hydrogen-bond acceptors (Lipinski definition) is 4. The molecule has 7 heteroatoms. The number of benzene rings is 2. The Morgan fingerprint density at radius 1 is 1.14 bits per heavy atom. The van der Waals surface area contributed by atoms with Crippen molar-refractivity contribution in [2.45, 2.75) is 18.8 Å². The van der Waals surface area contributed by atoms with Crippen molar-refractivity contribution in [2.75, 3.05) is 26.7 Å². The lowest BCUT2D eigenvalue weighted by Gasteiger charge is -2.32. The number of ether oxygens (including phenoxy) is 1. The van der Waals surface area contributed by atoms with Gasteiger partial charge in [-0.25, -0.2) is 0 Å². The molecule has 2 atom stereocenters. The Hall–Kier alpha value is -4.00. The number of nitrogens with one attached hydrogen (secondary N) is 2. The fourth-order valence-corrected chi connectivity index (χ4v) is 4.90. The number of methoxy groups -OCH3 is 1. The quantitative estimate of drug-likeness (QED) is 0.413. The molecular formula is C28H29N3O4. The third-order valence-electron chi connectivity index (χ3n) is 6.81. The number of H-pyrrole nitrogens is 1. The average Bonchev–Trinajstić information content (AvgIpc) is 3.60. The third-order valence-corrected chi connectivity index (χ3v) is 6.81. The van der Waals surface area contributed by atoms with Crippen molar-refractivity contribution in [3.8, 4) is 5.75 Å². The lowest BCUT2D eigenvalue weighted by molar-refractivity contribution is -0.126. The normalized spacial score (nSPS) is 16.7. The molecule has 1 aliphatic heterocycles. The van der Waals surface area contributed by atoms with E-state index in [1.807, 2.05) is 42.6 Å². The lowest BCUT2D eigenvalue weighted by atomic mass is 9.90. The number of carbonyl (C=O) groups excluding carboxylic acids is 2. The number of fused-ring (bicyclic) bond motifs is 1. The summed E-state index contributed by atoms with van der Waals surface area (Å²) in [7, 11) is 1.65. The van der Waals surface area contributed by atoms with Crippen LogP contribution in [0.3, 0.4) is 0 Å². The van der Waals surface area contributed by atoms with Gasteiger partial charge >= 0.3 is 0 Å². The maximum atomic E-state index is 13.2. The van der Waals surface area contributed by atoms with E-state index in [1.54, 1.807) is 24.1 Å². The van der Waals surface area contributed by atoms with Crippen LogP contribution in [-0.2, 0) is 4.79 Å². The highest BCUT2D eigenvalue weighted by molar-refractivity contribution is 5.92. The molecule has 35 heavy (non-hydrogen) atoms. The van der Waals surface area contributed by atoms with Crippen LogP contribution in [0.2, 0.25) is 0 Å². The minimum atomic E-state index is -0.248. The summed E-state index contributed by atoms with van der Waals surface area (Å²) in [5, 5.41) is 4.32. The zero-order valence-electron chi connectivity index (χ0n) is 19.7. The van der Waals surface area contributed by atoms with E-state index in [0.29, 0.717) is 25.4 Å². The highest BCUT2D eigenvalue weighted by atomic mass is 16.5. The first-order valence-electron chi connectivity index (χ1n) is 11.9. The third kappa shape index (κ3) is 4.80. The monoisotopic (exact) mass is 471 g/mol. The molecule has 1 aliphatic rings. The van der Waals surface area contributed by atoms with Crippen LogP contribution >= 0.6 is 0 Å². The smallest absolute Gasteiger partial charge is 0.289 e. The van der Waals surface area contributed by atoms with E-state index in [1.165, 1.54) is 6.26 Å². The zero-order chi connectivity index (χ0) is 24.2. The van der Waals surface area contributed by atoms with E-state index in [2.05, 4.69) is 22.4 Å². The fourth-order valence-electron chi connectivity index (χ4n) is 4.90. The van der Waals surface area contributed by atoms with Gasteiger partial charge in [-0.05, 0) is 54.3 Å². The van der Waals surface area contributed by atoms with E-state index in [-0.39, 0.29) is 23.7 Å². The number of rotatable bonds is 7. The molecule has 0 aliphatic carbocycles. The first-order chi connectivity index (χ1) is 17.1. The van der Waals surface area contributed by atoms with Gasteiger partial charge < -0.3 is 24.4 Å². The van der Waals surface area contributed by atoms with E-state index in [9.17, 15) is 9.59 Å². The molecule has 7 nitrogen and oxygen atoms in total. The first kappa shape index (κ1) is 22.8. The van der Waals surface area contributed by atoms with Gasteiger partial charge in [0.05, 0.1) is 19.3 Å². The summed E-state index contributed by atoms with van der Waals surface area (Å²) in [6.07, 6.45) is 5.06. The van der Waals surface area contributed by atoms with Crippen molar-refractivity contribution in [3.63, 3.8) is 0 Å². The van der Waals surface area contributed by atoms with Gasteiger partial charge in [-0.3, -0.25) is 9.59 Å². The van der Waals surface area contributed by atoms with Gasteiger partial charge in [0.2, 0.25) is 5.91 Å². The maximum absolute atomic E-state index is 13.2. The Morgan fingerprint density at radius 3 is 2.74 bits per heavy atom. The van der Waals surface area contributed by atoms with Crippen molar-refractivity contribution < 1.29 is 18.7 Å². The van der Waals surface area contributed by atoms with Gasteiger partial charge in [0.25, 0.3) is 5.91 Å². The van der Waals surface area contributed by atoms with Crippen LogP contribution in [0.1, 0.15) is 40.4 Å². The van der Waals surface area contributed by atoms with Crippen molar-refractivity contribution in [2.24, 2.45) is 5.92 Å². The van der Waals surface area contributed by atoms with Gasteiger partial charge in [-0.1, -0.05) is 30.3 Å². The fraction of sp³-hybridized carbons (Fsp3) is 0.286. The number of nitrogens with zero attached hydrogens (tertiary/aromatic N) is 1. The van der Waals surface area contributed by atoms with Gasteiger partial charge in [0.15, 0.2) is 5.76 Å². The van der Waals surface area contributed by atoms with Crippen LogP contribution in [0.5, 0.6) is 5.75 Å². The molecule has 2 aromatic carbocycles. The van der Waals surface area contributed by atoms with Crippen molar-refractivity contribution in [3.05, 3.63) is 90.0 Å². The number of likely N-dealkylation sites (tertiary alicyclic amines) is 1. The van der Waals surface area contributed by atoms with E-state index < -0.39 is 0 Å². The maximum Gasteiger partial charge on any atom is 0.289 e. The summed E-state index contributed by atoms with van der Waals surface area (Å²) < 4.78 is 10.6. The lowest BCUT2D eigenvalue weighted by Crippen LogP contribution is -2.46. The number of para-hydroxylation sites is 1. The predicted octanol–water partition coefficient (Wildman–Crippen LogP) is 4.57. The minimum Gasteiger partial charge on any atom is -0.497 e. The molecule has 2 aromatic heterocycles. The second-order valence-electron chi connectivity index (χ2n) is 8.93. The number of furan rings is 1. The van der Waals surface area contributed by atoms with Crippen molar-refractivity contribution >= 4 is 22.7 Å². The Kier molecular flexibility index (Phi) is 6.57. The predicted molar refractivity (Wildman–Crippen MR) is 133 cm³/mol. The largest absolute Gasteiger partial charge is 0.497 e. The summed E-state index contributed by atoms with van der Waals surface area (Å²) in [6, 6.07) is 19.5. The van der Waals surface area contributed by atoms with Crippen LogP contribution in [0, 0.1) is 5.92 Å². The molecule has 180 valence electrons. The zero-order valence-corrected chi connectivity index (χ0v) is 19.7. The second kappa shape index (κ2) is 10.1. The first-order valence-corrected chi connectivity index (χ1v) is 11.9. The van der Waals surface area contributed by atoms with Crippen molar-refractivity contribution in [1.82, 2.24) is 15.2 Å². The Labute approximate surface area is 204 Å². The highest BCUT2D eigenvalue weighted by Crippen LogP contribution is 2.31. The number of amides is 2. The van der Waals surface area contributed by atoms with Gasteiger partial charge in [-0.2, -0.15) is 0 Å². The molecular weight excluding hydrogens is 442 g/mol. The van der Waals surface area contributed by atoms with Gasteiger partial charge in [0, 0.05) is 42.7 Å². The van der Waals surface area contributed by atoms with Crippen molar-refractivity contribution in [1.29, 1.82) is 0 Å². The van der Waals surface area contributed by atoms with Crippen LogP contribution in [0.4, 0.5) is 0 Å². The Morgan fingerprint density at radius 2 is 1.97 bits per heavy atom. The van der Waals surface area contributed by atoms with Crippen LogP contribution in [-0.4, -0.2) is 48.4 Å². The molecule has 0 bridgehead atoms. The molecule has 5 rings (SSSR count). The molecule has 2 N–H and O–H groups in total. The standard InChI is InChI=1S/C28H29N3O4/c1-34-21-12-10-19(11-13-21)23(24-17-29-25-8-3-2-7-22(24)25)16-30-27(32)20-6-4-14-31(18-20)28(33)26-9-5-15-35-26/h2-3,5,7-13,15,17,20,23,29H,4,6,14,16,18H2,1H3,(H,30,32)/t20-,23-/m0/s1. The molecule has 1 fully saturated rings. The molecule has 0 saturated carbocycles. The Balaban J connectivity index is 1.33. The molecule has 0 radical (unpaired) electrons. The SMILES string of the molecule is COc1ccc([C@H](CNC(=O)[C@H]2CCCN(C(=O)c3ccco3)C2)c2c[nH]c3ccccc23)cc1. The Bertz CT molecular complexity index is 1290. The number of aromatic amines is 1. The molecule has 1 saturated heterocycles. The van der Waals surface area contributed by atoms with Gasteiger partial charge in [-0.15, -0.1) is 0 Å². The van der Waals surface area contributed by atoms with E-state index >= 15 is 0 Å². The average molecular weight is 472 g/mol. The van der Waals surface area contributed by atoms with Crippen LogP contribution in [0.25, 0.3) is 10.9 Å². The molecule has 4 aromatic rings. The summed E-state index contributed by atoms with van der Waals surface area (Å²) in [5.41, 5.74) is 3.28. The number of hydrogen-bond donors (Lipinski definition) is 2. The highest BCUT2D eigenvalue weighted by Gasteiger charge is 2.30. The summed E-state index contributed by atoms with van der Waals surface area (Å²) in [5.74, 6) is 0.624. The van der Waals surface area contributed by atoms with E-state index in [4.69, 9.17) is 9.15 Å². The summed E-state index contributed by atoms with van der Waals surface area (Å²) in [4.78, 5) is 31.0. The summed E-state index contributed by atoms with van der Waals surface area (Å²) in [6.45, 7) is 1.48. The number of carbonyl (C=O) groups is 2. The minimum absolute atomic E-state index is 0.0275. The number of piperidine rings is 1. The molecule has 3 heterocycles. The van der Waals surface area contributed by atoms with E-state index in [0.717, 1.165) is 40.6 Å². The summed E-state index contributed by atoms with van der Waals surface area (Å²) >= 11 is 0. The van der Waals surface area contributed by atoms with Gasteiger partial charge in [0.1, 0.15) is 5.75 Å². The molecule has 2 amide bonds. The molecule has 0 spiro atoms. The number of aromatic nitrogens is 1. The topological polar surface area (TPSA) is 87.6 Å². The van der Waals surface area contributed by atoms with Crippen LogP contribution in [0.15, 0.2) is 77.5 Å². The second-order valence-corrected chi connectivity index (χ2v) is 8.93. The van der Waals surface area contributed by atoms with Crippen LogP contribution < -0.4 is 10.1 Å². The molecule has 0 unspecified atom stereocenters.